The lowest BCUT2D eigenvalue weighted by Crippen LogP contribution is -2.54. The van der Waals surface area contributed by atoms with Crippen molar-refractivity contribution >= 4 is 28.9 Å². The van der Waals surface area contributed by atoms with Gasteiger partial charge in [-0.2, -0.15) is 0 Å². The van der Waals surface area contributed by atoms with Crippen LogP contribution >= 0.6 is 0 Å². The Hall–Kier alpha value is -3.81. The molecule has 3 aromatic rings. The maximum absolute atomic E-state index is 13.7. The smallest absolute Gasteiger partial charge is 0.408 e. The summed E-state index contributed by atoms with van der Waals surface area (Å²) in [7, 11) is 0. The standard InChI is InChI=1S/C32H37N3O5/c36-29(37)17-25(15-19-6-2-1-3-7-19)34-31(38)28(16-24-18-33-27-9-5-4-8-26(24)27)35-32(39)40-30-22-11-20-10-21(13-22)14-23(30)12-20/h1-9,18,20-23,25,28,30,33H,10-17H2,(H,34,38)(H,35,39)(H,36,37)/t20?,21?,22?,23?,25-,28-,30?/m0/s1. The number of aliphatic carboxylic acids is 1. The normalized spacial score (nSPS) is 26.2. The third-order valence-electron chi connectivity index (χ3n) is 9.18. The molecule has 0 radical (unpaired) electrons. The van der Waals surface area contributed by atoms with E-state index >= 15 is 0 Å². The molecule has 0 aliphatic heterocycles. The largest absolute Gasteiger partial charge is 0.481 e. The lowest BCUT2D eigenvalue weighted by Gasteiger charge is -2.53. The van der Waals surface area contributed by atoms with Crippen LogP contribution in [0.3, 0.4) is 0 Å². The fourth-order valence-corrected chi connectivity index (χ4v) is 7.68. The molecule has 7 rings (SSSR count). The van der Waals surface area contributed by atoms with E-state index in [-0.39, 0.29) is 18.9 Å². The van der Waals surface area contributed by atoms with Crippen molar-refractivity contribution in [2.75, 3.05) is 0 Å². The molecular weight excluding hydrogens is 506 g/mol. The Morgan fingerprint density at radius 2 is 1.55 bits per heavy atom. The summed E-state index contributed by atoms with van der Waals surface area (Å²) in [6.45, 7) is 0. The Bertz CT molecular complexity index is 1340. The van der Waals surface area contributed by atoms with Crippen LogP contribution in [0.1, 0.15) is 49.7 Å². The molecule has 4 fully saturated rings. The average Bonchev–Trinajstić information content (AvgIpc) is 3.33. The molecule has 1 heterocycles. The van der Waals surface area contributed by atoms with E-state index in [1.807, 2.05) is 60.8 Å². The first-order valence-corrected chi connectivity index (χ1v) is 14.5. The van der Waals surface area contributed by atoms with Gasteiger partial charge in [-0.1, -0.05) is 48.5 Å². The number of amides is 2. The van der Waals surface area contributed by atoms with Crippen LogP contribution in [0.5, 0.6) is 0 Å². The summed E-state index contributed by atoms with van der Waals surface area (Å²) in [6.07, 6.45) is 7.40. The number of fused-ring (bicyclic) bond motifs is 1. The van der Waals surface area contributed by atoms with E-state index < -0.39 is 30.1 Å². The molecule has 4 saturated carbocycles. The highest BCUT2D eigenvalue weighted by Gasteiger charge is 2.50. The minimum absolute atomic E-state index is 0.0950. The van der Waals surface area contributed by atoms with E-state index in [1.165, 1.54) is 6.42 Å². The number of rotatable bonds is 10. The summed E-state index contributed by atoms with van der Waals surface area (Å²) in [6, 6.07) is 15.7. The molecule has 2 atom stereocenters. The Morgan fingerprint density at radius 3 is 2.25 bits per heavy atom. The third kappa shape index (κ3) is 5.86. The summed E-state index contributed by atoms with van der Waals surface area (Å²) in [5.41, 5.74) is 2.76. The summed E-state index contributed by atoms with van der Waals surface area (Å²) in [5, 5.41) is 16.3. The lowest BCUT2D eigenvalue weighted by atomic mass is 9.55. The van der Waals surface area contributed by atoms with Crippen LogP contribution in [0.4, 0.5) is 4.79 Å². The van der Waals surface area contributed by atoms with Gasteiger partial charge in [0.25, 0.3) is 0 Å². The van der Waals surface area contributed by atoms with Gasteiger partial charge < -0.3 is 25.5 Å². The average molecular weight is 544 g/mol. The van der Waals surface area contributed by atoms with Crippen LogP contribution in [0, 0.1) is 23.7 Å². The molecule has 4 N–H and O–H groups in total. The van der Waals surface area contributed by atoms with E-state index in [1.54, 1.807) is 0 Å². The fourth-order valence-electron chi connectivity index (χ4n) is 7.68. The molecule has 1 aromatic heterocycles. The highest BCUT2D eigenvalue weighted by Crippen LogP contribution is 2.54. The van der Waals surface area contributed by atoms with Gasteiger partial charge in [-0.25, -0.2) is 4.79 Å². The Balaban J connectivity index is 1.19. The number of benzene rings is 2. The number of ether oxygens (including phenoxy) is 1. The van der Waals surface area contributed by atoms with E-state index in [9.17, 15) is 19.5 Å². The molecule has 0 saturated heterocycles. The minimum Gasteiger partial charge on any atom is -0.481 e. The van der Waals surface area contributed by atoms with Crippen molar-refractivity contribution in [2.45, 2.75) is 69.6 Å². The number of aromatic nitrogens is 1. The maximum Gasteiger partial charge on any atom is 0.408 e. The number of hydrogen-bond acceptors (Lipinski definition) is 4. The Morgan fingerprint density at radius 1 is 0.875 bits per heavy atom. The number of hydrogen-bond donors (Lipinski definition) is 4. The number of alkyl carbamates (subject to hydrolysis) is 1. The van der Waals surface area contributed by atoms with Crippen LogP contribution in [-0.4, -0.2) is 46.2 Å². The van der Waals surface area contributed by atoms with Gasteiger partial charge in [0.05, 0.1) is 6.42 Å². The van der Waals surface area contributed by atoms with Gasteiger partial charge in [0, 0.05) is 29.6 Å². The number of carboxylic acids is 1. The first kappa shape index (κ1) is 26.4. The molecule has 40 heavy (non-hydrogen) atoms. The van der Waals surface area contributed by atoms with Crippen LogP contribution < -0.4 is 10.6 Å². The van der Waals surface area contributed by atoms with Gasteiger partial charge >= 0.3 is 12.1 Å². The maximum atomic E-state index is 13.7. The highest BCUT2D eigenvalue weighted by molar-refractivity contribution is 5.88. The van der Waals surface area contributed by atoms with E-state index in [0.717, 1.165) is 59.5 Å². The van der Waals surface area contributed by atoms with Crippen LogP contribution in [-0.2, 0) is 27.2 Å². The number of para-hydroxylation sites is 1. The van der Waals surface area contributed by atoms with Gasteiger partial charge in [-0.3, -0.25) is 9.59 Å². The predicted molar refractivity (Wildman–Crippen MR) is 151 cm³/mol. The summed E-state index contributed by atoms with van der Waals surface area (Å²) < 4.78 is 6.05. The highest BCUT2D eigenvalue weighted by atomic mass is 16.6. The minimum atomic E-state index is -0.997. The Labute approximate surface area is 233 Å². The van der Waals surface area contributed by atoms with Crippen molar-refractivity contribution in [3.8, 4) is 0 Å². The summed E-state index contributed by atoms with van der Waals surface area (Å²) >= 11 is 0. The molecule has 2 aromatic carbocycles. The van der Waals surface area contributed by atoms with Gasteiger partial charge in [0.2, 0.25) is 5.91 Å². The van der Waals surface area contributed by atoms with E-state index in [0.29, 0.717) is 18.3 Å². The third-order valence-corrected chi connectivity index (χ3v) is 9.18. The zero-order chi connectivity index (χ0) is 27.6. The van der Waals surface area contributed by atoms with Crippen molar-refractivity contribution in [2.24, 2.45) is 23.7 Å². The number of carboxylic acid groups (broad SMARTS) is 1. The zero-order valence-electron chi connectivity index (χ0n) is 22.6. The van der Waals surface area contributed by atoms with Crippen molar-refractivity contribution in [1.29, 1.82) is 0 Å². The predicted octanol–water partition coefficient (Wildman–Crippen LogP) is 4.83. The molecule has 4 aliphatic rings. The first-order chi connectivity index (χ1) is 19.4. The van der Waals surface area contributed by atoms with Gasteiger partial charge in [-0.15, -0.1) is 0 Å². The molecule has 4 bridgehead atoms. The van der Waals surface area contributed by atoms with Crippen LogP contribution in [0.25, 0.3) is 10.9 Å². The summed E-state index contributed by atoms with van der Waals surface area (Å²) in [5.74, 6) is 0.934. The molecular formula is C32H37N3O5. The Kier molecular flexibility index (Phi) is 7.50. The molecule has 0 unspecified atom stereocenters. The number of carbonyl (C=O) groups is 3. The number of H-pyrrole nitrogens is 1. The van der Waals surface area contributed by atoms with Crippen molar-refractivity contribution in [3.05, 3.63) is 71.9 Å². The topological polar surface area (TPSA) is 121 Å². The summed E-state index contributed by atoms with van der Waals surface area (Å²) in [4.78, 5) is 41.8. The first-order valence-electron chi connectivity index (χ1n) is 14.5. The van der Waals surface area contributed by atoms with Crippen molar-refractivity contribution in [3.63, 3.8) is 0 Å². The molecule has 4 aliphatic carbocycles. The van der Waals surface area contributed by atoms with E-state index in [4.69, 9.17) is 4.74 Å². The second kappa shape index (κ2) is 11.4. The fraction of sp³-hybridized carbons (Fsp3) is 0.469. The second-order valence-corrected chi connectivity index (χ2v) is 12.1. The van der Waals surface area contributed by atoms with Crippen molar-refractivity contribution < 1.29 is 24.2 Å². The molecule has 210 valence electrons. The molecule has 2 amide bonds. The number of aromatic amines is 1. The monoisotopic (exact) mass is 543 g/mol. The van der Waals surface area contributed by atoms with Crippen molar-refractivity contribution in [1.82, 2.24) is 15.6 Å². The zero-order valence-corrected chi connectivity index (χ0v) is 22.6. The van der Waals surface area contributed by atoms with Gasteiger partial charge in [0.15, 0.2) is 0 Å². The number of carbonyl (C=O) groups excluding carboxylic acids is 2. The molecule has 0 spiro atoms. The van der Waals surface area contributed by atoms with Gasteiger partial charge in [-0.05, 0) is 79.4 Å². The van der Waals surface area contributed by atoms with Gasteiger partial charge in [0.1, 0.15) is 12.1 Å². The molecule has 8 heteroatoms. The number of nitrogens with one attached hydrogen (secondary N) is 3. The van der Waals surface area contributed by atoms with Crippen LogP contribution in [0.15, 0.2) is 60.8 Å². The quantitative estimate of drug-likeness (QED) is 0.292. The molecule has 8 nitrogen and oxygen atoms in total. The lowest BCUT2D eigenvalue weighted by molar-refractivity contribution is -0.137. The second-order valence-electron chi connectivity index (χ2n) is 12.1. The van der Waals surface area contributed by atoms with Crippen LogP contribution in [0.2, 0.25) is 0 Å². The van der Waals surface area contributed by atoms with E-state index in [2.05, 4.69) is 15.6 Å². The SMILES string of the molecule is O=C(O)C[C@H](Cc1ccccc1)NC(=O)[C@H](Cc1c[nH]c2ccccc12)NC(=O)OC1C2CC3CC(C2)CC1C3.